The maximum Gasteiger partial charge on any atom is 0.416 e. The van der Waals surface area contributed by atoms with Crippen molar-refractivity contribution in [2.45, 2.75) is 19.7 Å². The van der Waals surface area contributed by atoms with Crippen LogP contribution in [0.3, 0.4) is 0 Å². The number of rotatable bonds is 7. The van der Waals surface area contributed by atoms with Crippen LogP contribution in [0.5, 0.6) is 5.75 Å². The van der Waals surface area contributed by atoms with E-state index >= 15 is 0 Å². The normalized spacial score (nSPS) is 11.7. The standard InChI is InChI=1S/C30H20ClF3N4O4/c1-18-9-11-19(12-10-18)17-42-27-24(31)13-20(14-26(27)38(40)41)16-35-37-28(21-5-4-6-22(15-21)30(32,33)34)36-25-8-3-2-7-23(25)29(37)39/h2-16H,17H2,1H3. The molecule has 0 amide bonds. The SMILES string of the molecule is Cc1ccc(COc2c(Cl)cc(C=Nn3c(-c4cccc(C(F)(F)F)c4)nc4ccccc4c3=O)cc2[N+](=O)[O-])cc1. The number of aromatic nitrogens is 2. The molecule has 5 rings (SSSR count). The molecule has 0 radical (unpaired) electrons. The molecular formula is C30H20ClF3N4O4. The van der Waals surface area contributed by atoms with E-state index in [0.29, 0.717) is 0 Å². The van der Waals surface area contributed by atoms with Gasteiger partial charge >= 0.3 is 11.9 Å². The Hall–Kier alpha value is -5.03. The summed E-state index contributed by atoms with van der Waals surface area (Å²) in [4.78, 5) is 29.0. The maximum absolute atomic E-state index is 13.4. The number of nitrogens with zero attached hydrogens (tertiary/aromatic N) is 4. The molecule has 0 unspecified atom stereocenters. The summed E-state index contributed by atoms with van der Waals surface area (Å²) in [5, 5.41) is 16.2. The lowest BCUT2D eigenvalue weighted by Gasteiger charge is -2.12. The van der Waals surface area contributed by atoms with Crippen molar-refractivity contribution in [3.05, 3.63) is 133 Å². The van der Waals surface area contributed by atoms with Crippen molar-refractivity contribution in [3.63, 3.8) is 0 Å². The van der Waals surface area contributed by atoms with Gasteiger partial charge in [0.2, 0.25) is 5.75 Å². The fourth-order valence-corrected chi connectivity index (χ4v) is 4.45. The van der Waals surface area contributed by atoms with Gasteiger partial charge in [-0.05, 0) is 42.8 Å². The van der Waals surface area contributed by atoms with Gasteiger partial charge in [-0.2, -0.15) is 22.9 Å². The third-order valence-electron chi connectivity index (χ3n) is 6.27. The lowest BCUT2D eigenvalue weighted by Crippen LogP contribution is -2.20. The zero-order chi connectivity index (χ0) is 30.0. The van der Waals surface area contributed by atoms with Crippen LogP contribution in [0, 0.1) is 17.0 Å². The number of alkyl halides is 3. The molecule has 0 N–H and O–H groups in total. The minimum absolute atomic E-state index is 0.00584. The van der Waals surface area contributed by atoms with Crippen LogP contribution in [0.15, 0.2) is 94.8 Å². The molecule has 0 fully saturated rings. The number of halogens is 4. The van der Waals surface area contributed by atoms with E-state index in [-0.39, 0.29) is 45.2 Å². The summed E-state index contributed by atoms with van der Waals surface area (Å²) < 4.78 is 46.8. The highest BCUT2D eigenvalue weighted by molar-refractivity contribution is 6.32. The first-order valence-corrected chi connectivity index (χ1v) is 12.8. The van der Waals surface area contributed by atoms with E-state index in [9.17, 15) is 28.1 Å². The monoisotopic (exact) mass is 592 g/mol. The Labute approximate surface area is 241 Å². The summed E-state index contributed by atoms with van der Waals surface area (Å²) in [6.07, 6.45) is -3.49. The topological polar surface area (TPSA) is 99.6 Å². The molecular weight excluding hydrogens is 573 g/mol. The molecule has 12 heteroatoms. The smallest absolute Gasteiger partial charge is 0.416 e. The van der Waals surface area contributed by atoms with Crippen molar-refractivity contribution in [2.24, 2.45) is 5.10 Å². The van der Waals surface area contributed by atoms with Gasteiger partial charge in [0.25, 0.3) is 5.56 Å². The van der Waals surface area contributed by atoms with E-state index in [1.54, 1.807) is 18.2 Å². The third-order valence-corrected chi connectivity index (χ3v) is 6.55. The predicted molar refractivity (Wildman–Crippen MR) is 153 cm³/mol. The lowest BCUT2D eigenvalue weighted by molar-refractivity contribution is -0.385. The van der Waals surface area contributed by atoms with Crippen molar-refractivity contribution >= 4 is 34.4 Å². The highest BCUT2D eigenvalue weighted by Gasteiger charge is 2.31. The number of hydrogen-bond acceptors (Lipinski definition) is 6. The molecule has 0 bridgehead atoms. The fraction of sp³-hybridized carbons (Fsp3) is 0.100. The van der Waals surface area contributed by atoms with Crippen molar-refractivity contribution in [1.82, 2.24) is 9.66 Å². The van der Waals surface area contributed by atoms with Gasteiger partial charge in [-0.25, -0.2) is 4.98 Å². The Bertz CT molecular complexity index is 1900. The Morgan fingerprint density at radius 3 is 2.50 bits per heavy atom. The van der Waals surface area contributed by atoms with Gasteiger partial charge in [0.1, 0.15) is 6.61 Å². The number of para-hydroxylation sites is 1. The van der Waals surface area contributed by atoms with Gasteiger partial charge in [0, 0.05) is 17.2 Å². The second-order valence-corrected chi connectivity index (χ2v) is 9.68. The Balaban J connectivity index is 1.57. The highest BCUT2D eigenvalue weighted by atomic mass is 35.5. The summed E-state index contributed by atoms with van der Waals surface area (Å²) in [5.74, 6) is -0.298. The van der Waals surface area contributed by atoms with Crippen LogP contribution in [-0.2, 0) is 12.8 Å². The van der Waals surface area contributed by atoms with Crippen LogP contribution in [0.25, 0.3) is 22.3 Å². The van der Waals surface area contributed by atoms with Crippen molar-refractivity contribution in [1.29, 1.82) is 0 Å². The number of benzene rings is 4. The zero-order valence-electron chi connectivity index (χ0n) is 21.8. The van der Waals surface area contributed by atoms with Gasteiger partial charge in [0.05, 0.1) is 32.6 Å². The molecule has 5 aromatic rings. The van der Waals surface area contributed by atoms with Crippen molar-refractivity contribution < 1.29 is 22.8 Å². The second-order valence-electron chi connectivity index (χ2n) is 9.28. The van der Waals surface area contributed by atoms with Gasteiger partial charge in [-0.15, -0.1) is 0 Å². The molecule has 0 atom stereocenters. The number of ether oxygens (including phenoxy) is 1. The first-order chi connectivity index (χ1) is 20.0. The Morgan fingerprint density at radius 1 is 1.05 bits per heavy atom. The number of nitro groups is 1. The maximum atomic E-state index is 13.4. The van der Waals surface area contributed by atoms with Crippen LogP contribution in [0.4, 0.5) is 18.9 Å². The largest absolute Gasteiger partial charge is 0.481 e. The average Bonchev–Trinajstić information content (AvgIpc) is 2.96. The summed E-state index contributed by atoms with van der Waals surface area (Å²) in [6.45, 7) is 1.96. The fourth-order valence-electron chi connectivity index (χ4n) is 4.17. The van der Waals surface area contributed by atoms with Gasteiger partial charge in [-0.3, -0.25) is 14.9 Å². The molecule has 0 spiro atoms. The van der Waals surface area contributed by atoms with Crippen LogP contribution in [0.1, 0.15) is 22.3 Å². The number of hydrogen-bond donors (Lipinski definition) is 0. The molecule has 42 heavy (non-hydrogen) atoms. The predicted octanol–water partition coefficient (Wildman–Crippen LogP) is 7.41. The molecule has 0 aliphatic carbocycles. The average molecular weight is 593 g/mol. The number of aryl methyl sites for hydroxylation is 1. The quantitative estimate of drug-likeness (QED) is 0.111. The summed E-state index contributed by atoms with van der Waals surface area (Å²) >= 11 is 6.37. The van der Waals surface area contributed by atoms with E-state index in [0.717, 1.165) is 34.2 Å². The van der Waals surface area contributed by atoms with E-state index in [1.165, 1.54) is 30.3 Å². The van der Waals surface area contributed by atoms with Crippen molar-refractivity contribution in [2.75, 3.05) is 0 Å². The van der Waals surface area contributed by atoms with Crippen LogP contribution >= 0.6 is 11.6 Å². The van der Waals surface area contributed by atoms with Gasteiger partial charge < -0.3 is 4.74 Å². The summed E-state index contributed by atoms with van der Waals surface area (Å²) in [7, 11) is 0. The van der Waals surface area contributed by atoms with Gasteiger partial charge in [0.15, 0.2) is 5.82 Å². The first-order valence-electron chi connectivity index (χ1n) is 12.4. The molecule has 1 aromatic heterocycles. The van der Waals surface area contributed by atoms with Gasteiger partial charge in [-0.1, -0.05) is 65.7 Å². The Kier molecular flexibility index (Phi) is 7.77. The van der Waals surface area contributed by atoms with Crippen LogP contribution in [0.2, 0.25) is 5.02 Å². The van der Waals surface area contributed by atoms with E-state index in [1.807, 2.05) is 31.2 Å². The molecule has 0 saturated carbocycles. The minimum Gasteiger partial charge on any atom is -0.481 e. The highest BCUT2D eigenvalue weighted by Crippen LogP contribution is 2.37. The van der Waals surface area contributed by atoms with Crippen LogP contribution in [-0.4, -0.2) is 20.8 Å². The second kappa shape index (κ2) is 11.5. The van der Waals surface area contributed by atoms with E-state index < -0.39 is 27.9 Å². The molecule has 0 saturated heterocycles. The molecule has 4 aromatic carbocycles. The zero-order valence-corrected chi connectivity index (χ0v) is 22.6. The molecule has 212 valence electrons. The minimum atomic E-state index is -4.62. The third kappa shape index (κ3) is 6.01. The molecule has 0 aliphatic rings. The first kappa shape index (κ1) is 28.5. The molecule has 1 heterocycles. The summed E-state index contributed by atoms with van der Waals surface area (Å²) in [6, 6.07) is 20.6. The lowest BCUT2D eigenvalue weighted by atomic mass is 10.1. The summed E-state index contributed by atoms with van der Waals surface area (Å²) in [5.41, 5.74) is 0.209. The Morgan fingerprint density at radius 2 is 1.79 bits per heavy atom. The number of fused-ring (bicyclic) bond motifs is 1. The van der Waals surface area contributed by atoms with E-state index in [4.69, 9.17) is 16.3 Å². The van der Waals surface area contributed by atoms with Crippen LogP contribution < -0.4 is 10.3 Å². The number of nitro benzene ring substituents is 1. The van der Waals surface area contributed by atoms with E-state index in [2.05, 4.69) is 10.1 Å². The van der Waals surface area contributed by atoms with Crippen molar-refractivity contribution in [3.8, 4) is 17.1 Å². The molecule has 0 aliphatic heterocycles. The molecule has 8 nitrogen and oxygen atoms in total.